The number of carbonyl (C=O) groups is 3. The molecule has 0 aromatic carbocycles. The lowest BCUT2D eigenvalue weighted by Gasteiger charge is -2.18. The summed E-state index contributed by atoms with van der Waals surface area (Å²) in [5.41, 5.74) is 0. The molecule has 0 aromatic rings. The van der Waals surface area contributed by atoms with Gasteiger partial charge in [-0.05, 0) is 77.0 Å². The lowest BCUT2D eigenvalue weighted by molar-refractivity contribution is -0.167. The Morgan fingerprint density at radius 3 is 0.753 bits per heavy atom. The Morgan fingerprint density at radius 1 is 0.260 bits per heavy atom. The van der Waals surface area contributed by atoms with Crippen molar-refractivity contribution in [3.63, 3.8) is 0 Å². The van der Waals surface area contributed by atoms with Gasteiger partial charge < -0.3 is 14.2 Å². The molecule has 6 heteroatoms. The lowest BCUT2D eigenvalue weighted by atomic mass is 10.0. The zero-order valence-electron chi connectivity index (χ0n) is 52.0. The van der Waals surface area contributed by atoms with Crippen LogP contribution in [0.2, 0.25) is 0 Å². The molecule has 0 radical (unpaired) electrons. The van der Waals surface area contributed by atoms with E-state index in [0.29, 0.717) is 19.3 Å². The average molecular weight is 1080 g/mol. The molecular formula is C71H132O6. The smallest absolute Gasteiger partial charge is 0.306 e. The fourth-order valence-electron chi connectivity index (χ4n) is 10.4. The molecule has 0 aliphatic rings. The van der Waals surface area contributed by atoms with E-state index >= 15 is 0 Å². The summed E-state index contributed by atoms with van der Waals surface area (Å²) >= 11 is 0. The molecule has 1 unspecified atom stereocenters. The molecule has 0 saturated heterocycles. The van der Waals surface area contributed by atoms with Crippen molar-refractivity contribution in [3.8, 4) is 0 Å². The quantitative estimate of drug-likeness (QED) is 0.0261. The molecular weight excluding hydrogens is 949 g/mol. The summed E-state index contributed by atoms with van der Waals surface area (Å²) in [7, 11) is 0. The molecule has 0 aliphatic carbocycles. The first-order valence-electron chi connectivity index (χ1n) is 34.5. The van der Waals surface area contributed by atoms with Crippen molar-refractivity contribution in [2.75, 3.05) is 13.2 Å². The largest absolute Gasteiger partial charge is 0.462 e. The molecule has 0 amide bonds. The fourth-order valence-corrected chi connectivity index (χ4v) is 10.4. The number of ether oxygens (including phenoxy) is 3. The maximum absolute atomic E-state index is 12.9. The number of carbonyl (C=O) groups excluding carboxylic acids is 3. The third-order valence-electron chi connectivity index (χ3n) is 15.6. The Morgan fingerprint density at radius 2 is 0.468 bits per heavy atom. The molecule has 6 nitrogen and oxygen atoms in total. The van der Waals surface area contributed by atoms with Crippen LogP contribution in [0.25, 0.3) is 0 Å². The van der Waals surface area contributed by atoms with Gasteiger partial charge in [0.05, 0.1) is 0 Å². The van der Waals surface area contributed by atoms with Crippen LogP contribution >= 0.6 is 0 Å². The molecule has 0 spiro atoms. The number of allylic oxidation sites excluding steroid dienone is 6. The van der Waals surface area contributed by atoms with Gasteiger partial charge in [-0.15, -0.1) is 0 Å². The van der Waals surface area contributed by atoms with Gasteiger partial charge in [-0.2, -0.15) is 0 Å². The van der Waals surface area contributed by atoms with Crippen molar-refractivity contribution in [3.05, 3.63) is 36.5 Å². The molecule has 1 atom stereocenters. The molecule has 452 valence electrons. The minimum Gasteiger partial charge on any atom is -0.462 e. The van der Waals surface area contributed by atoms with Gasteiger partial charge in [0.2, 0.25) is 0 Å². The third kappa shape index (κ3) is 64.3. The second-order valence-electron chi connectivity index (χ2n) is 23.4. The monoisotopic (exact) mass is 1080 g/mol. The SMILES string of the molecule is CCCCC/C=C\C/C=C\CCCCCCCCCC(=O)OC(COC(=O)CCCCCCC/C=C\CCCCCCCC)COC(=O)CCCCCCCCCCCCCCCCCCCCCCCCCCCCC. The van der Waals surface area contributed by atoms with E-state index in [4.69, 9.17) is 14.2 Å². The summed E-state index contributed by atoms with van der Waals surface area (Å²) in [6.07, 6.45) is 81.7. The highest BCUT2D eigenvalue weighted by molar-refractivity contribution is 5.71. The first kappa shape index (κ1) is 74.6. The predicted octanol–water partition coefficient (Wildman–Crippen LogP) is 23.6. The Kier molecular flexibility index (Phi) is 64.1. The van der Waals surface area contributed by atoms with Gasteiger partial charge in [0, 0.05) is 19.3 Å². The van der Waals surface area contributed by atoms with Gasteiger partial charge in [0.1, 0.15) is 13.2 Å². The molecule has 0 rings (SSSR count). The summed E-state index contributed by atoms with van der Waals surface area (Å²) in [6, 6.07) is 0. The van der Waals surface area contributed by atoms with Gasteiger partial charge in [0.25, 0.3) is 0 Å². The highest BCUT2D eigenvalue weighted by Gasteiger charge is 2.19. The highest BCUT2D eigenvalue weighted by atomic mass is 16.6. The van der Waals surface area contributed by atoms with Crippen molar-refractivity contribution in [1.29, 1.82) is 0 Å². The minimum absolute atomic E-state index is 0.0737. The van der Waals surface area contributed by atoms with Gasteiger partial charge in [-0.25, -0.2) is 0 Å². The van der Waals surface area contributed by atoms with E-state index in [0.717, 1.165) is 77.0 Å². The van der Waals surface area contributed by atoms with Crippen LogP contribution < -0.4 is 0 Å². The number of hydrogen-bond donors (Lipinski definition) is 0. The zero-order valence-corrected chi connectivity index (χ0v) is 52.0. The van der Waals surface area contributed by atoms with Crippen molar-refractivity contribution in [2.24, 2.45) is 0 Å². The topological polar surface area (TPSA) is 78.9 Å². The average Bonchev–Trinajstić information content (AvgIpc) is 3.43. The maximum Gasteiger partial charge on any atom is 0.306 e. The normalized spacial score (nSPS) is 12.2. The maximum atomic E-state index is 12.9. The van der Waals surface area contributed by atoms with E-state index in [1.54, 1.807) is 0 Å². The molecule has 0 aliphatic heterocycles. The fraction of sp³-hybridized carbons (Fsp3) is 0.873. The van der Waals surface area contributed by atoms with E-state index in [1.165, 1.54) is 263 Å². The molecule has 0 bridgehead atoms. The van der Waals surface area contributed by atoms with E-state index in [9.17, 15) is 14.4 Å². The van der Waals surface area contributed by atoms with Crippen LogP contribution in [0.5, 0.6) is 0 Å². The van der Waals surface area contributed by atoms with Crippen LogP contribution in [-0.2, 0) is 28.6 Å². The number of esters is 3. The number of rotatable bonds is 64. The molecule has 0 saturated carbocycles. The summed E-state index contributed by atoms with van der Waals surface area (Å²) < 4.78 is 17.0. The van der Waals surface area contributed by atoms with Crippen LogP contribution in [0.1, 0.15) is 380 Å². The second-order valence-corrected chi connectivity index (χ2v) is 23.4. The predicted molar refractivity (Wildman–Crippen MR) is 335 cm³/mol. The summed E-state index contributed by atoms with van der Waals surface area (Å²) in [6.45, 7) is 6.66. The van der Waals surface area contributed by atoms with Gasteiger partial charge in [-0.1, -0.05) is 320 Å². The summed E-state index contributed by atoms with van der Waals surface area (Å²) in [5, 5.41) is 0. The Labute approximate surface area is 480 Å². The van der Waals surface area contributed by atoms with E-state index in [-0.39, 0.29) is 31.1 Å². The van der Waals surface area contributed by atoms with Crippen LogP contribution in [0.4, 0.5) is 0 Å². The van der Waals surface area contributed by atoms with Crippen molar-refractivity contribution >= 4 is 17.9 Å². The van der Waals surface area contributed by atoms with E-state index in [2.05, 4.69) is 57.2 Å². The highest BCUT2D eigenvalue weighted by Crippen LogP contribution is 2.18. The molecule has 0 fully saturated rings. The second kappa shape index (κ2) is 66.1. The molecule has 77 heavy (non-hydrogen) atoms. The van der Waals surface area contributed by atoms with Crippen molar-refractivity contribution in [2.45, 2.75) is 386 Å². The third-order valence-corrected chi connectivity index (χ3v) is 15.6. The van der Waals surface area contributed by atoms with Crippen LogP contribution in [0, 0.1) is 0 Å². The standard InChI is InChI=1S/C71H132O6/c1-4-7-10-13-16-19-22-25-28-30-31-32-33-34-35-36-37-38-39-41-43-46-49-52-55-58-61-64-70(73)76-67-68(66-75-69(72)63-60-57-54-51-48-45-42-27-24-21-18-15-12-9-6-3)77-71(74)65-62-59-56-53-50-47-44-40-29-26-23-20-17-14-11-8-5-2/h17,20,26-27,29,42,68H,4-16,18-19,21-25,28,30-41,43-67H2,1-3H3/b20-17-,29-26-,42-27-. The summed E-state index contributed by atoms with van der Waals surface area (Å²) in [5.74, 6) is -0.865. The Balaban J connectivity index is 4.23. The van der Waals surface area contributed by atoms with Gasteiger partial charge >= 0.3 is 17.9 Å². The zero-order chi connectivity index (χ0) is 55.7. The molecule has 0 N–H and O–H groups in total. The van der Waals surface area contributed by atoms with Crippen LogP contribution in [0.3, 0.4) is 0 Å². The Bertz CT molecular complexity index is 1290. The van der Waals surface area contributed by atoms with E-state index in [1.807, 2.05) is 0 Å². The van der Waals surface area contributed by atoms with Crippen LogP contribution in [0.15, 0.2) is 36.5 Å². The van der Waals surface area contributed by atoms with Crippen molar-refractivity contribution < 1.29 is 28.6 Å². The molecule has 0 heterocycles. The minimum atomic E-state index is -0.779. The summed E-state index contributed by atoms with van der Waals surface area (Å²) in [4.78, 5) is 38.4. The van der Waals surface area contributed by atoms with Crippen molar-refractivity contribution in [1.82, 2.24) is 0 Å². The first-order valence-corrected chi connectivity index (χ1v) is 34.5. The number of hydrogen-bond acceptors (Lipinski definition) is 6. The Hall–Kier alpha value is -2.37. The van der Waals surface area contributed by atoms with E-state index < -0.39 is 6.10 Å². The number of unbranched alkanes of at least 4 members (excludes halogenated alkanes) is 47. The lowest BCUT2D eigenvalue weighted by Crippen LogP contribution is -2.30. The van der Waals surface area contributed by atoms with Crippen LogP contribution in [-0.4, -0.2) is 37.2 Å². The van der Waals surface area contributed by atoms with Gasteiger partial charge in [0.15, 0.2) is 6.10 Å². The first-order chi connectivity index (χ1) is 38.0. The molecule has 0 aromatic heterocycles. The van der Waals surface area contributed by atoms with Gasteiger partial charge in [-0.3, -0.25) is 14.4 Å².